The number of carbonyl (C=O) groups excluding carboxylic acids is 1. The second-order valence-electron chi connectivity index (χ2n) is 7.81. The highest BCUT2D eigenvalue weighted by atomic mass is 35.5. The lowest BCUT2D eigenvalue weighted by Gasteiger charge is -2.23. The summed E-state index contributed by atoms with van der Waals surface area (Å²) in [7, 11) is -3.96. The summed E-state index contributed by atoms with van der Waals surface area (Å²) in [6.45, 7) is 1.55. The lowest BCUT2D eigenvalue weighted by atomic mass is 10.1. The van der Waals surface area contributed by atoms with Gasteiger partial charge in [0.2, 0.25) is 15.9 Å². The van der Waals surface area contributed by atoms with Gasteiger partial charge in [-0.25, -0.2) is 8.42 Å². The zero-order valence-corrected chi connectivity index (χ0v) is 20.6. The summed E-state index contributed by atoms with van der Waals surface area (Å²) < 4.78 is 27.8. The fourth-order valence-corrected chi connectivity index (χ4v) is 5.07. The molecule has 1 amide bonds. The molecule has 1 atom stereocenters. The molecule has 5 nitrogen and oxygen atoms in total. The first-order chi connectivity index (χ1) is 15.8. The lowest BCUT2D eigenvalue weighted by Crippen LogP contribution is -2.43. The van der Waals surface area contributed by atoms with Crippen molar-refractivity contribution in [2.75, 3.05) is 6.54 Å². The Morgan fingerprint density at radius 2 is 1.58 bits per heavy atom. The molecule has 174 valence electrons. The standard InChI is InChI=1S/C25H26Cl2N2O3S/c1-19(11-12-20-7-3-2-4-8-20)28-25(30)18-29(17-21-9-5-6-10-24(21)27)33(31,32)23-15-13-22(26)14-16-23/h2-10,13-16,19H,11-12,17-18H2,1H3,(H,28,30)/t19-/m1/s1. The molecule has 3 aromatic rings. The van der Waals surface area contributed by atoms with E-state index in [0.717, 1.165) is 17.1 Å². The molecule has 33 heavy (non-hydrogen) atoms. The van der Waals surface area contributed by atoms with E-state index in [0.29, 0.717) is 15.6 Å². The van der Waals surface area contributed by atoms with Gasteiger partial charge in [-0.1, -0.05) is 71.7 Å². The number of aryl methyl sites for hydroxylation is 1. The number of amides is 1. The van der Waals surface area contributed by atoms with E-state index in [1.54, 1.807) is 24.3 Å². The van der Waals surface area contributed by atoms with Gasteiger partial charge in [0.1, 0.15) is 0 Å². The molecule has 0 bridgehead atoms. The quantitative estimate of drug-likeness (QED) is 0.406. The third kappa shape index (κ3) is 7.30. The minimum atomic E-state index is -3.96. The van der Waals surface area contributed by atoms with E-state index in [9.17, 15) is 13.2 Å². The van der Waals surface area contributed by atoms with Crippen molar-refractivity contribution in [1.82, 2.24) is 9.62 Å². The Morgan fingerprint density at radius 1 is 0.939 bits per heavy atom. The molecule has 3 aromatic carbocycles. The van der Waals surface area contributed by atoms with E-state index >= 15 is 0 Å². The predicted molar refractivity (Wildman–Crippen MR) is 133 cm³/mol. The van der Waals surface area contributed by atoms with Crippen LogP contribution in [0.4, 0.5) is 0 Å². The maximum atomic E-state index is 13.4. The minimum Gasteiger partial charge on any atom is -0.352 e. The number of nitrogens with one attached hydrogen (secondary N) is 1. The Morgan fingerprint density at radius 3 is 2.24 bits per heavy atom. The monoisotopic (exact) mass is 504 g/mol. The summed E-state index contributed by atoms with van der Waals surface area (Å²) in [5.41, 5.74) is 1.80. The third-order valence-electron chi connectivity index (χ3n) is 5.19. The molecule has 0 fully saturated rings. The van der Waals surface area contributed by atoms with Crippen LogP contribution in [0.5, 0.6) is 0 Å². The zero-order valence-electron chi connectivity index (χ0n) is 18.2. The molecule has 0 aromatic heterocycles. The van der Waals surface area contributed by atoms with Gasteiger partial charge in [-0.2, -0.15) is 4.31 Å². The second kappa shape index (κ2) is 11.7. The van der Waals surface area contributed by atoms with Crippen LogP contribution in [0.1, 0.15) is 24.5 Å². The summed E-state index contributed by atoms with van der Waals surface area (Å²) in [5.74, 6) is -0.375. The van der Waals surface area contributed by atoms with Crippen molar-refractivity contribution in [1.29, 1.82) is 0 Å². The number of nitrogens with zero attached hydrogens (tertiary/aromatic N) is 1. The van der Waals surface area contributed by atoms with Crippen LogP contribution < -0.4 is 5.32 Å². The van der Waals surface area contributed by atoms with E-state index in [1.807, 2.05) is 37.3 Å². The Hall–Kier alpha value is -2.38. The predicted octanol–water partition coefficient (Wildman–Crippen LogP) is 5.32. The van der Waals surface area contributed by atoms with E-state index in [4.69, 9.17) is 23.2 Å². The van der Waals surface area contributed by atoms with Gasteiger partial charge in [-0.15, -0.1) is 0 Å². The zero-order chi connectivity index (χ0) is 23.8. The molecule has 8 heteroatoms. The first kappa shape index (κ1) is 25.2. The van der Waals surface area contributed by atoms with Crippen LogP contribution in [0.15, 0.2) is 83.8 Å². The molecular formula is C25H26Cl2N2O3S. The largest absolute Gasteiger partial charge is 0.352 e. The Kier molecular flexibility index (Phi) is 8.92. The third-order valence-corrected chi connectivity index (χ3v) is 7.62. The minimum absolute atomic E-state index is 0.0313. The van der Waals surface area contributed by atoms with Crippen molar-refractivity contribution in [2.24, 2.45) is 0 Å². The smallest absolute Gasteiger partial charge is 0.243 e. The van der Waals surface area contributed by atoms with Crippen LogP contribution in [0.3, 0.4) is 0 Å². The highest BCUT2D eigenvalue weighted by Crippen LogP contribution is 2.23. The van der Waals surface area contributed by atoms with E-state index in [-0.39, 0.29) is 29.9 Å². The molecule has 0 unspecified atom stereocenters. The Bertz CT molecular complexity index is 1170. The number of carbonyl (C=O) groups is 1. The summed E-state index contributed by atoms with van der Waals surface area (Å²) in [5, 5.41) is 3.78. The van der Waals surface area contributed by atoms with Crippen molar-refractivity contribution in [3.05, 3.63) is 100 Å². The van der Waals surface area contributed by atoms with Gasteiger partial charge in [0.05, 0.1) is 11.4 Å². The maximum Gasteiger partial charge on any atom is 0.243 e. The lowest BCUT2D eigenvalue weighted by molar-refractivity contribution is -0.122. The SMILES string of the molecule is C[C@H](CCc1ccccc1)NC(=O)CN(Cc1ccccc1Cl)S(=O)(=O)c1ccc(Cl)cc1. The molecule has 3 rings (SSSR count). The van der Waals surface area contributed by atoms with Crippen LogP contribution in [0.25, 0.3) is 0 Å². The number of halogens is 2. The molecule has 0 saturated heterocycles. The maximum absolute atomic E-state index is 13.4. The van der Waals surface area contributed by atoms with Gasteiger partial charge in [0.15, 0.2) is 0 Å². The fraction of sp³-hybridized carbons (Fsp3) is 0.240. The number of rotatable bonds is 10. The number of benzene rings is 3. The molecule has 0 radical (unpaired) electrons. The summed E-state index contributed by atoms with van der Waals surface area (Å²) in [6.07, 6.45) is 1.55. The van der Waals surface area contributed by atoms with Crippen molar-refractivity contribution >= 4 is 39.1 Å². The Labute approximate surface area is 205 Å². The van der Waals surface area contributed by atoms with Crippen LogP contribution >= 0.6 is 23.2 Å². The van der Waals surface area contributed by atoms with Gasteiger partial charge < -0.3 is 5.32 Å². The van der Waals surface area contributed by atoms with Crippen molar-refractivity contribution in [3.63, 3.8) is 0 Å². The molecular weight excluding hydrogens is 479 g/mol. The van der Waals surface area contributed by atoms with Crippen LogP contribution in [-0.2, 0) is 27.8 Å². The van der Waals surface area contributed by atoms with Crippen molar-refractivity contribution < 1.29 is 13.2 Å². The topological polar surface area (TPSA) is 66.5 Å². The molecule has 1 N–H and O–H groups in total. The Balaban J connectivity index is 1.73. The first-order valence-corrected chi connectivity index (χ1v) is 12.8. The van der Waals surface area contributed by atoms with Crippen LogP contribution in [0.2, 0.25) is 10.0 Å². The highest BCUT2D eigenvalue weighted by Gasteiger charge is 2.28. The van der Waals surface area contributed by atoms with E-state index in [2.05, 4.69) is 5.32 Å². The van der Waals surface area contributed by atoms with Gasteiger partial charge >= 0.3 is 0 Å². The van der Waals surface area contributed by atoms with Gasteiger partial charge in [0.25, 0.3) is 0 Å². The molecule has 0 spiro atoms. The molecule has 0 aliphatic heterocycles. The van der Waals surface area contributed by atoms with Gasteiger partial charge in [0, 0.05) is 22.6 Å². The van der Waals surface area contributed by atoms with Gasteiger partial charge in [-0.05, 0) is 61.2 Å². The highest BCUT2D eigenvalue weighted by molar-refractivity contribution is 7.89. The molecule has 0 aliphatic carbocycles. The number of sulfonamides is 1. The average molecular weight is 505 g/mol. The van der Waals surface area contributed by atoms with Crippen molar-refractivity contribution in [2.45, 2.75) is 37.2 Å². The van der Waals surface area contributed by atoms with Crippen LogP contribution in [-0.4, -0.2) is 31.2 Å². The fourth-order valence-electron chi connectivity index (χ4n) is 3.38. The molecule has 0 heterocycles. The molecule has 0 aliphatic rings. The van der Waals surface area contributed by atoms with E-state index in [1.165, 1.54) is 29.8 Å². The summed E-state index contributed by atoms with van der Waals surface area (Å²) in [4.78, 5) is 12.9. The van der Waals surface area contributed by atoms with Crippen molar-refractivity contribution in [3.8, 4) is 0 Å². The number of hydrogen-bond acceptors (Lipinski definition) is 3. The molecule has 0 saturated carbocycles. The average Bonchev–Trinajstić information content (AvgIpc) is 2.79. The van der Waals surface area contributed by atoms with E-state index < -0.39 is 10.0 Å². The van der Waals surface area contributed by atoms with Crippen LogP contribution in [0, 0.1) is 0 Å². The van der Waals surface area contributed by atoms with Gasteiger partial charge in [-0.3, -0.25) is 4.79 Å². The normalized spacial score (nSPS) is 12.5. The number of hydrogen-bond donors (Lipinski definition) is 1. The second-order valence-corrected chi connectivity index (χ2v) is 10.6. The summed E-state index contributed by atoms with van der Waals surface area (Å²) >= 11 is 12.2. The summed E-state index contributed by atoms with van der Waals surface area (Å²) in [6, 6.07) is 22.7. The first-order valence-electron chi connectivity index (χ1n) is 10.6.